The Morgan fingerprint density at radius 2 is 1.67 bits per heavy atom. The molecule has 0 bridgehead atoms. The van der Waals surface area contributed by atoms with Gasteiger partial charge in [-0.2, -0.15) is 0 Å². The molecule has 1 aliphatic heterocycles. The van der Waals surface area contributed by atoms with E-state index in [1.54, 1.807) is 6.26 Å². The summed E-state index contributed by atoms with van der Waals surface area (Å²) >= 11 is 6.37. The Morgan fingerprint density at radius 1 is 0.926 bits per heavy atom. The summed E-state index contributed by atoms with van der Waals surface area (Å²) in [6.07, 6.45) is 1.59. The fourth-order valence-electron chi connectivity index (χ4n) is 3.24. The third kappa shape index (κ3) is 4.35. The van der Waals surface area contributed by atoms with E-state index in [-0.39, 0.29) is 0 Å². The van der Waals surface area contributed by atoms with Gasteiger partial charge in [0, 0.05) is 30.8 Å². The van der Waals surface area contributed by atoms with Crippen LogP contribution in [-0.2, 0) is 4.74 Å². The minimum Gasteiger partial charge on any atom is -0.492 e. The van der Waals surface area contributed by atoms with E-state index in [0.717, 1.165) is 61.0 Å². The number of morpholine rings is 1. The molecule has 140 valence electrons. The van der Waals surface area contributed by atoms with Gasteiger partial charge >= 0.3 is 0 Å². The summed E-state index contributed by atoms with van der Waals surface area (Å²) in [5, 5.41) is 0.613. The van der Waals surface area contributed by atoms with Crippen LogP contribution in [-0.4, -0.2) is 44.4 Å². The summed E-state index contributed by atoms with van der Waals surface area (Å²) in [6, 6.07) is 18.0. The van der Waals surface area contributed by atoms with Crippen LogP contribution < -0.4 is 4.74 Å². The van der Waals surface area contributed by atoms with E-state index in [1.165, 1.54) is 0 Å². The molecule has 5 heteroatoms. The van der Waals surface area contributed by atoms with Gasteiger partial charge in [-0.3, -0.25) is 4.90 Å². The van der Waals surface area contributed by atoms with Crippen LogP contribution >= 0.6 is 11.6 Å². The second-order valence-electron chi connectivity index (χ2n) is 6.48. The largest absolute Gasteiger partial charge is 0.492 e. The molecule has 0 amide bonds. The fourth-order valence-corrected chi connectivity index (χ4v) is 3.48. The van der Waals surface area contributed by atoms with Crippen LogP contribution in [0.1, 0.15) is 0 Å². The maximum absolute atomic E-state index is 6.37. The summed E-state index contributed by atoms with van der Waals surface area (Å²) < 4.78 is 17.0. The highest BCUT2D eigenvalue weighted by Crippen LogP contribution is 2.39. The van der Waals surface area contributed by atoms with Gasteiger partial charge in [0.15, 0.2) is 0 Å². The predicted molar refractivity (Wildman–Crippen MR) is 107 cm³/mol. The van der Waals surface area contributed by atoms with Crippen molar-refractivity contribution in [2.24, 2.45) is 0 Å². The zero-order chi connectivity index (χ0) is 18.5. The highest BCUT2D eigenvalue weighted by molar-refractivity contribution is 6.34. The van der Waals surface area contributed by atoms with Crippen LogP contribution in [0.15, 0.2) is 65.3 Å². The van der Waals surface area contributed by atoms with E-state index < -0.39 is 0 Å². The van der Waals surface area contributed by atoms with Gasteiger partial charge in [-0.25, -0.2) is 0 Å². The number of hydrogen-bond donors (Lipinski definition) is 0. The molecular formula is C22H22ClNO3. The first-order chi connectivity index (χ1) is 13.3. The van der Waals surface area contributed by atoms with Gasteiger partial charge in [0.25, 0.3) is 0 Å². The second kappa shape index (κ2) is 8.61. The van der Waals surface area contributed by atoms with Crippen molar-refractivity contribution in [2.75, 3.05) is 39.5 Å². The van der Waals surface area contributed by atoms with Crippen molar-refractivity contribution in [3.05, 3.63) is 65.9 Å². The quantitative estimate of drug-likeness (QED) is 0.601. The van der Waals surface area contributed by atoms with Crippen molar-refractivity contribution in [3.8, 4) is 28.2 Å². The maximum Gasteiger partial charge on any atom is 0.143 e. The molecule has 0 spiro atoms. The Morgan fingerprint density at radius 3 is 2.41 bits per heavy atom. The first-order valence-corrected chi connectivity index (χ1v) is 9.55. The van der Waals surface area contributed by atoms with Crippen molar-refractivity contribution >= 4 is 11.6 Å². The van der Waals surface area contributed by atoms with Crippen molar-refractivity contribution in [2.45, 2.75) is 0 Å². The molecule has 1 aliphatic rings. The summed E-state index contributed by atoms with van der Waals surface area (Å²) in [5.74, 6) is 1.62. The molecule has 1 aromatic heterocycles. The van der Waals surface area contributed by atoms with E-state index in [2.05, 4.69) is 4.90 Å². The molecule has 0 aliphatic carbocycles. The Balaban J connectivity index is 1.44. The van der Waals surface area contributed by atoms with E-state index >= 15 is 0 Å². The van der Waals surface area contributed by atoms with Crippen LogP contribution in [0.3, 0.4) is 0 Å². The Kier molecular flexibility index (Phi) is 5.78. The fraction of sp³-hybridized carbons (Fsp3) is 0.273. The first kappa shape index (κ1) is 18.1. The topological polar surface area (TPSA) is 34.8 Å². The lowest BCUT2D eigenvalue weighted by molar-refractivity contribution is 0.0322. The van der Waals surface area contributed by atoms with E-state index in [0.29, 0.717) is 11.6 Å². The molecule has 0 saturated carbocycles. The predicted octanol–water partition coefficient (Wildman–Crippen LogP) is 4.98. The van der Waals surface area contributed by atoms with Gasteiger partial charge in [0.05, 0.1) is 18.2 Å². The van der Waals surface area contributed by atoms with Crippen molar-refractivity contribution in [1.82, 2.24) is 4.90 Å². The standard InChI is InChI=1S/C22H22ClNO3/c23-20-16-27-22(21(20)17-4-2-1-3-5-17)18-6-8-19(9-7-18)26-15-12-24-10-13-25-14-11-24/h1-9,16H,10-15H2. The van der Waals surface area contributed by atoms with E-state index in [9.17, 15) is 0 Å². The Bertz CT molecular complexity index is 855. The van der Waals surface area contributed by atoms with Gasteiger partial charge in [-0.15, -0.1) is 0 Å². The number of benzene rings is 2. The highest BCUT2D eigenvalue weighted by Gasteiger charge is 2.16. The minimum atomic E-state index is 0.613. The summed E-state index contributed by atoms with van der Waals surface area (Å²) in [4.78, 5) is 2.36. The Labute approximate surface area is 164 Å². The van der Waals surface area contributed by atoms with Crippen LogP contribution in [0, 0.1) is 0 Å². The lowest BCUT2D eigenvalue weighted by Gasteiger charge is -2.26. The molecule has 1 fully saturated rings. The average Bonchev–Trinajstić information content (AvgIpc) is 3.11. The normalized spacial score (nSPS) is 15.0. The molecule has 4 rings (SSSR count). The van der Waals surface area contributed by atoms with Gasteiger partial charge in [0.2, 0.25) is 0 Å². The SMILES string of the molecule is Clc1coc(-c2ccc(OCCN3CCOCC3)cc2)c1-c1ccccc1. The van der Waals surface area contributed by atoms with Gasteiger partial charge in [-0.05, 0) is 29.8 Å². The van der Waals surface area contributed by atoms with Crippen LogP contribution in [0.25, 0.3) is 22.5 Å². The lowest BCUT2D eigenvalue weighted by Crippen LogP contribution is -2.38. The summed E-state index contributed by atoms with van der Waals surface area (Å²) in [7, 11) is 0. The molecule has 2 heterocycles. The average molecular weight is 384 g/mol. The lowest BCUT2D eigenvalue weighted by atomic mass is 10.0. The molecule has 0 unspecified atom stereocenters. The molecular weight excluding hydrogens is 362 g/mol. The summed E-state index contributed by atoms with van der Waals surface area (Å²) in [6.45, 7) is 5.15. The maximum atomic E-state index is 6.37. The Hall–Kier alpha value is -2.27. The number of furan rings is 1. The first-order valence-electron chi connectivity index (χ1n) is 9.17. The molecule has 3 aromatic rings. The number of nitrogens with zero attached hydrogens (tertiary/aromatic N) is 1. The van der Waals surface area contributed by atoms with E-state index in [1.807, 2.05) is 54.6 Å². The van der Waals surface area contributed by atoms with Crippen molar-refractivity contribution < 1.29 is 13.9 Å². The molecule has 4 nitrogen and oxygen atoms in total. The highest BCUT2D eigenvalue weighted by atomic mass is 35.5. The van der Waals surface area contributed by atoms with Gasteiger partial charge in [0.1, 0.15) is 24.4 Å². The van der Waals surface area contributed by atoms with Crippen LogP contribution in [0.2, 0.25) is 5.02 Å². The minimum absolute atomic E-state index is 0.613. The molecule has 27 heavy (non-hydrogen) atoms. The third-order valence-electron chi connectivity index (χ3n) is 4.71. The number of rotatable bonds is 6. The van der Waals surface area contributed by atoms with Crippen LogP contribution in [0.5, 0.6) is 5.75 Å². The zero-order valence-corrected chi connectivity index (χ0v) is 15.8. The number of halogens is 1. The monoisotopic (exact) mass is 383 g/mol. The smallest absolute Gasteiger partial charge is 0.143 e. The van der Waals surface area contributed by atoms with E-state index in [4.69, 9.17) is 25.5 Å². The zero-order valence-electron chi connectivity index (χ0n) is 15.1. The molecule has 0 radical (unpaired) electrons. The van der Waals surface area contributed by atoms with Crippen molar-refractivity contribution in [3.63, 3.8) is 0 Å². The molecule has 0 N–H and O–H groups in total. The number of hydrogen-bond acceptors (Lipinski definition) is 4. The van der Waals surface area contributed by atoms with Crippen molar-refractivity contribution in [1.29, 1.82) is 0 Å². The van der Waals surface area contributed by atoms with Crippen LogP contribution in [0.4, 0.5) is 0 Å². The molecule has 1 saturated heterocycles. The van der Waals surface area contributed by atoms with Gasteiger partial charge in [-0.1, -0.05) is 41.9 Å². The summed E-state index contributed by atoms with van der Waals surface area (Å²) in [5.41, 5.74) is 2.93. The third-order valence-corrected chi connectivity index (χ3v) is 4.98. The number of ether oxygens (including phenoxy) is 2. The molecule has 0 atom stereocenters. The second-order valence-corrected chi connectivity index (χ2v) is 6.89. The molecule has 2 aromatic carbocycles. The van der Waals surface area contributed by atoms with Gasteiger partial charge < -0.3 is 13.9 Å².